The standard InChI is InChI=1S/C15H16O5/c1-7-3-8-4-9-13(15(18)10(8)6-20-7)11(16)5-12(19-2)14(9)17/h3-4,12,14,17-18H,5-6H2,1-2H3. The summed E-state index contributed by atoms with van der Waals surface area (Å²) >= 11 is 0. The Balaban J connectivity index is 2.22. The van der Waals surface area contributed by atoms with E-state index in [1.54, 1.807) is 12.1 Å². The Hall–Kier alpha value is -1.85. The van der Waals surface area contributed by atoms with Crippen molar-refractivity contribution in [2.24, 2.45) is 0 Å². The van der Waals surface area contributed by atoms with E-state index in [0.717, 1.165) is 11.3 Å². The van der Waals surface area contributed by atoms with E-state index in [0.29, 0.717) is 11.1 Å². The number of ketones is 1. The first kappa shape index (κ1) is 13.1. The highest BCUT2D eigenvalue weighted by atomic mass is 16.5. The zero-order valence-electron chi connectivity index (χ0n) is 11.3. The van der Waals surface area contributed by atoms with Crippen LogP contribution in [-0.2, 0) is 16.1 Å². The van der Waals surface area contributed by atoms with Gasteiger partial charge in [-0.1, -0.05) is 0 Å². The lowest BCUT2D eigenvalue weighted by atomic mass is 9.82. The van der Waals surface area contributed by atoms with Gasteiger partial charge in [0.25, 0.3) is 0 Å². The number of carbonyl (C=O) groups excluding carboxylic acids is 1. The van der Waals surface area contributed by atoms with Crippen molar-refractivity contribution >= 4 is 11.9 Å². The van der Waals surface area contributed by atoms with Crippen LogP contribution >= 0.6 is 0 Å². The van der Waals surface area contributed by atoms with Crippen LogP contribution in [0.1, 0.15) is 46.5 Å². The Morgan fingerprint density at radius 3 is 2.90 bits per heavy atom. The van der Waals surface area contributed by atoms with Gasteiger partial charge in [-0.2, -0.15) is 0 Å². The number of hydrogen-bond donors (Lipinski definition) is 2. The number of phenols is 1. The zero-order chi connectivity index (χ0) is 14.4. The number of methoxy groups -OCH3 is 1. The molecular weight excluding hydrogens is 260 g/mol. The Kier molecular flexibility index (Phi) is 3.03. The van der Waals surface area contributed by atoms with Crippen LogP contribution in [0.4, 0.5) is 0 Å². The molecule has 1 aliphatic carbocycles. The lowest BCUT2D eigenvalue weighted by Crippen LogP contribution is -2.31. The average Bonchev–Trinajstić information content (AvgIpc) is 2.42. The van der Waals surface area contributed by atoms with E-state index in [1.165, 1.54) is 7.11 Å². The molecule has 2 aliphatic rings. The molecular formula is C15H16O5. The van der Waals surface area contributed by atoms with E-state index < -0.39 is 12.2 Å². The number of benzene rings is 1. The topological polar surface area (TPSA) is 76.0 Å². The molecule has 0 bridgehead atoms. The van der Waals surface area contributed by atoms with Crippen molar-refractivity contribution in [1.82, 2.24) is 0 Å². The van der Waals surface area contributed by atoms with Crippen LogP contribution in [0.5, 0.6) is 5.75 Å². The van der Waals surface area contributed by atoms with Gasteiger partial charge in [0.05, 0.1) is 17.4 Å². The molecule has 5 nitrogen and oxygen atoms in total. The van der Waals surface area contributed by atoms with E-state index in [2.05, 4.69) is 0 Å². The average molecular weight is 276 g/mol. The van der Waals surface area contributed by atoms with Crippen molar-refractivity contribution in [1.29, 1.82) is 0 Å². The predicted molar refractivity (Wildman–Crippen MR) is 71.3 cm³/mol. The van der Waals surface area contributed by atoms with Crippen LogP contribution in [-0.4, -0.2) is 29.2 Å². The first-order chi connectivity index (χ1) is 9.52. The Morgan fingerprint density at radius 1 is 1.45 bits per heavy atom. The zero-order valence-corrected chi connectivity index (χ0v) is 11.3. The quantitative estimate of drug-likeness (QED) is 0.819. The summed E-state index contributed by atoms with van der Waals surface area (Å²) in [6.07, 6.45) is 0.358. The molecule has 20 heavy (non-hydrogen) atoms. The third kappa shape index (κ3) is 1.82. The molecule has 0 fully saturated rings. The number of phenolic OH excluding ortho intramolecular Hbond substituents is 1. The van der Waals surface area contributed by atoms with Gasteiger partial charge in [0.2, 0.25) is 0 Å². The predicted octanol–water partition coefficient (Wildman–Crippen LogP) is 1.92. The second kappa shape index (κ2) is 4.61. The number of aromatic hydroxyl groups is 1. The molecule has 0 spiro atoms. The number of fused-ring (bicyclic) bond motifs is 2. The van der Waals surface area contributed by atoms with Gasteiger partial charge in [0.1, 0.15) is 18.5 Å². The van der Waals surface area contributed by atoms with E-state index in [-0.39, 0.29) is 30.1 Å². The molecule has 2 N–H and O–H groups in total. The van der Waals surface area contributed by atoms with Crippen molar-refractivity contribution in [3.05, 3.63) is 34.1 Å². The summed E-state index contributed by atoms with van der Waals surface area (Å²) < 4.78 is 10.5. The molecule has 1 aromatic carbocycles. The fraction of sp³-hybridized carbons (Fsp3) is 0.400. The molecule has 0 aromatic heterocycles. The summed E-state index contributed by atoms with van der Waals surface area (Å²) in [7, 11) is 1.46. The van der Waals surface area contributed by atoms with Gasteiger partial charge in [0, 0.05) is 19.1 Å². The molecule has 0 saturated carbocycles. The van der Waals surface area contributed by atoms with Gasteiger partial charge in [0.15, 0.2) is 5.78 Å². The minimum atomic E-state index is -0.916. The molecule has 0 amide bonds. The highest BCUT2D eigenvalue weighted by Crippen LogP contribution is 2.41. The van der Waals surface area contributed by atoms with E-state index in [9.17, 15) is 15.0 Å². The SMILES string of the molecule is COC1CC(=O)c2c(cc3c(c2O)COC(C)=C3)C1O. The maximum Gasteiger partial charge on any atom is 0.169 e. The lowest BCUT2D eigenvalue weighted by Gasteiger charge is -2.30. The minimum Gasteiger partial charge on any atom is -0.507 e. The smallest absolute Gasteiger partial charge is 0.169 e. The van der Waals surface area contributed by atoms with Crippen molar-refractivity contribution in [3.8, 4) is 5.75 Å². The van der Waals surface area contributed by atoms with Crippen LogP contribution in [0.15, 0.2) is 11.8 Å². The van der Waals surface area contributed by atoms with Crippen molar-refractivity contribution < 1.29 is 24.5 Å². The van der Waals surface area contributed by atoms with Gasteiger partial charge in [-0.15, -0.1) is 0 Å². The van der Waals surface area contributed by atoms with E-state index >= 15 is 0 Å². The van der Waals surface area contributed by atoms with Crippen LogP contribution in [0.2, 0.25) is 0 Å². The van der Waals surface area contributed by atoms with E-state index in [1.807, 2.05) is 6.92 Å². The molecule has 1 heterocycles. The molecule has 3 rings (SSSR count). The second-order valence-corrected chi connectivity index (χ2v) is 5.15. The summed E-state index contributed by atoms with van der Waals surface area (Å²) in [6.45, 7) is 2.05. The van der Waals surface area contributed by atoms with Gasteiger partial charge in [-0.3, -0.25) is 4.79 Å². The monoisotopic (exact) mass is 276 g/mol. The first-order valence-corrected chi connectivity index (χ1v) is 6.46. The third-order valence-corrected chi connectivity index (χ3v) is 3.91. The van der Waals surface area contributed by atoms with Crippen LogP contribution in [0.3, 0.4) is 0 Å². The summed E-state index contributed by atoms with van der Waals surface area (Å²) in [5, 5.41) is 20.6. The molecule has 5 heteroatoms. The van der Waals surface area contributed by atoms with Crippen LogP contribution in [0.25, 0.3) is 6.08 Å². The number of aliphatic hydroxyl groups is 1. The number of ether oxygens (including phenoxy) is 2. The Labute approximate surface area is 116 Å². The summed E-state index contributed by atoms with van der Waals surface area (Å²) in [5.41, 5.74) is 1.98. The van der Waals surface area contributed by atoms with Gasteiger partial charge in [-0.05, 0) is 30.2 Å². The normalized spacial score (nSPS) is 24.6. The molecule has 2 atom stereocenters. The largest absolute Gasteiger partial charge is 0.507 e. The lowest BCUT2D eigenvalue weighted by molar-refractivity contribution is -0.0195. The number of hydrogen-bond acceptors (Lipinski definition) is 5. The Morgan fingerprint density at radius 2 is 2.20 bits per heavy atom. The van der Waals surface area contributed by atoms with Gasteiger partial charge < -0.3 is 19.7 Å². The van der Waals surface area contributed by atoms with Crippen molar-refractivity contribution in [2.75, 3.05) is 7.11 Å². The summed E-state index contributed by atoms with van der Waals surface area (Å²) in [4.78, 5) is 12.2. The minimum absolute atomic E-state index is 0.0622. The second-order valence-electron chi connectivity index (χ2n) is 5.15. The van der Waals surface area contributed by atoms with Crippen LogP contribution in [0, 0.1) is 0 Å². The van der Waals surface area contributed by atoms with Crippen LogP contribution < -0.4 is 0 Å². The molecule has 106 valence electrons. The highest BCUT2D eigenvalue weighted by Gasteiger charge is 2.36. The number of carbonyl (C=O) groups is 1. The summed E-state index contributed by atoms with van der Waals surface area (Å²) in [5.74, 6) is 0.431. The van der Waals surface area contributed by atoms with Crippen molar-refractivity contribution in [3.63, 3.8) is 0 Å². The van der Waals surface area contributed by atoms with Gasteiger partial charge in [-0.25, -0.2) is 0 Å². The van der Waals surface area contributed by atoms with Crippen molar-refractivity contribution in [2.45, 2.75) is 32.2 Å². The maximum absolute atomic E-state index is 12.2. The number of rotatable bonds is 1. The molecule has 0 radical (unpaired) electrons. The first-order valence-electron chi connectivity index (χ1n) is 6.46. The number of aliphatic hydroxyl groups excluding tert-OH is 1. The number of Topliss-reactive ketones (excluding diaryl/α,β-unsaturated/α-hetero) is 1. The fourth-order valence-electron chi connectivity index (χ4n) is 2.81. The van der Waals surface area contributed by atoms with E-state index in [4.69, 9.17) is 9.47 Å². The third-order valence-electron chi connectivity index (χ3n) is 3.91. The Bertz CT molecular complexity index is 617. The molecule has 2 unspecified atom stereocenters. The molecule has 0 saturated heterocycles. The molecule has 1 aromatic rings. The highest BCUT2D eigenvalue weighted by molar-refractivity contribution is 6.02. The maximum atomic E-state index is 12.2. The number of allylic oxidation sites excluding steroid dienone is 1. The van der Waals surface area contributed by atoms with Gasteiger partial charge >= 0.3 is 0 Å². The summed E-state index contributed by atoms with van der Waals surface area (Å²) in [6, 6.07) is 1.74. The molecule has 1 aliphatic heterocycles. The fourth-order valence-corrected chi connectivity index (χ4v) is 2.81.